The number of hydrogen-bond acceptors (Lipinski definition) is 10. The normalized spacial score (nSPS) is 11.6. The van der Waals surface area contributed by atoms with E-state index in [0.29, 0.717) is 87.4 Å². The van der Waals surface area contributed by atoms with Crippen molar-refractivity contribution in [2.75, 3.05) is 0 Å². The number of phenols is 1. The van der Waals surface area contributed by atoms with Gasteiger partial charge in [-0.3, -0.25) is 34.5 Å². The van der Waals surface area contributed by atoms with Crippen LogP contribution >= 0.6 is 0 Å². The first-order chi connectivity index (χ1) is 30.4. The van der Waals surface area contributed by atoms with Crippen LogP contribution in [0, 0.1) is 41.5 Å². The van der Waals surface area contributed by atoms with E-state index in [0.717, 1.165) is 39.5 Å². The third-order valence-corrected chi connectivity index (χ3v) is 12.2. The molecule has 318 valence electrons. The van der Waals surface area contributed by atoms with Crippen molar-refractivity contribution in [3.8, 4) is 28.2 Å². The van der Waals surface area contributed by atoms with Crippen molar-refractivity contribution >= 4 is 16.9 Å². The minimum absolute atomic E-state index is 0.0398. The van der Waals surface area contributed by atoms with E-state index >= 15 is 0 Å². The first-order valence-electron chi connectivity index (χ1n) is 21.0. The number of aryl methyl sites for hydroxylation is 2. The summed E-state index contributed by atoms with van der Waals surface area (Å²) >= 11 is 0. The molecule has 0 unspecified atom stereocenters. The van der Waals surface area contributed by atoms with E-state index in [1.54, 1.807) is 31.7 Å². The molecule has 1 aliphatic heterocycles. The van der Waals surface area contributed by atoms with E-state index in [4.69, 9.17) is 4.42 Å². The lowest BCUT2D eigenvalue weighted by atomic mass is 9.81. The number of carboxylic acids is 1. The highest BCUT2D eigenvalue weighted by atomic mass is 16.4. The summed E-state index contributed by atoms with van der Waals surface area (Å²) in [6, 6.07) is 26.8. The highest BCUT2D eigenvalue weighted by Gasteiger charge is 2.32. The van der Waals surface area contributed by atoms with Gasteiger partial charge in [-0.2, -0.15) is 0 Å². The fourth-order valence-electron chi connectivity index (χ4n) is 8.68. The number of aromatic carboxylic acids is 1. The largest absolute Gasteiger partial charge is 0.507 e. The van der Waals surface area contributed by atoms with E-state index < -0.39 is 5.97 Å². The minimum atomic E-state index is -1.06. The van der Waals surface area contributed by atoms with Gasteiger partial charge in [-0.25, -0.2) is 4.79 Å². The zero-order valence-electron chi connectivity index (χ0n) is 36.4. The predicted molar refractivity (Wildman–Crippen MR) is 244 cm³/mol. The average molecular weight is 839 g/mol. The van der Waals surface area contributed by atoms with Crippen LogP contribution in [0.25, 0.3) is 33.4 Å². The number of carbonyl (C=O) groups is 1. The molecule has 0 amide bonds. The summed E-state index contributed by atoms with van der Waals surface area (Å²) in [5, 5.41) is 23.8. The average Bonchev–Trinajstić information content (AvgIpc) is 3.28. The molecule has 2 aliphatic rings. The van der Waals surface area contributed by atoms with Crippen LogP contribution in [0.3, 0.4) is 0 Å². The topological polar surface area (TPSA) is 146 Å². The van der Waals surface area contributed by atoms with Crippen LogP contribution in [-0.2, 0) is 39.3 Å². The first-order valence-corrected chi connectivity index (χ1v) is 21.0. The van der Waals surface area contributed by atoms with Gasteiger partial charge in [-0.05, 0) is 136 Å². The highest BCUT2D eigenvalue weighted by molar-refractivity contribution is 6.10. The zero-order valence-corrected chi connectivity index (χ0v) is 36.4. The number of aromatic nitrogens is 4. The van der Waals surface area contributed by atoms with E-state index in [1.165, 1.54) is 0 Å². The molecular weight excluding hydrogens is 789 g/mol. The van der Waals surface area contributed by atoms with Crippen molar-refractivity contribution in [1.29, 1.82) is 0 Å². The van der Waals surface area contributed by atoms with Gasteiger partial charge in [0.05, 0.1) is 39.5 Å². The van der Waals surface area contributed by atoms with Gasteiger partial charge in [0.15, 0.2) is 5.43 Å². The zero-order chi connectivity index (χ0) is 44.4. The molecule has 5 heterocycles. The minimum Gasteiger partial charge on any atom is -0.507 e. The van der Waals surface area contributed by atoms with Gasteiger partial charge in [-0.15, -0.1) is 0 Å². The van der Waals surface area contributed by atoms with E-state index in [2.05, 4.69) is 29.7 Å². The SMILES string of the molecule is Cc1cc2c(-c3c(C)c(C)c(C)c(C)c3C(=O)O)c3cc(C)c(=O)c(CN(Cc4ccccn4)Cc4ccccn4)c-3oc2c(CN(Cc2ccccn2)Cc2ccccn2)c1O. The molecule has 0 saturated carbocycles. The molecule has 4 aromatic heterocycles. The third kappa shape index (κ3) is 8.71. The van der Waals surface area contributed by atoms with Crippen LogP contribution in [0.5, 0.6) is 5.75 Å². The Morgan fingerprint density at radius 3 is 1.48 bits per heavy atom. The Morgan fingerprint density at radius 1 is 0.571 bits per heavy atom. The van der Waals surface area contributed by atoms with E-state index in [1.807, 2.05) is 120 Å². The second kappa shape index (κ2) is 18.1. The standard InChI is InChI=1S/C52H50N6O5/c1-31-23-41-47(45-35(5)33(3)34(4)36(6)46(45)52(61)62)42-24-32(2)49(60)44(30-58(27-39-17-9-13-21-55-39)28-40-18-10-14-22-56-40)51(42)63-50(41)43(48(31)59)29-57(25-37-15-7-11-19-53-37)26-38-16-8-12-20-54-38/h7-24,59H,25-30H2,1-6H3,(H,61,62). The fraction of sp³-hybridized carbons (Fsp3) is 0.231. The predicted octanol–water partition coefficient (Wildman–Crippen LogP) is 9.80. The van der Waals surface area contributed by atoms with Gasteiger partial charge in [-0.1, -0.05) is 24.3 Å². The molecular formula is C52H50N6O5. The Labute approximate surface area is 366 Å². The van der Waals surface area contributed by atoms with Gasteiger partial charge >= 0.3 is 5.97 Å². The number of pyridine rings is 4. The maximum Gasteiger partial charge on any atom is 0.336 e. The molecule has 0 saturated heterocycles. The molecule has 8 rings (SSSR count). The molecule has 0 radical (unpaired) electrons. The summed E-state index contributed by atoms with van der Waals surface area (Å²) in [7, 11) is 0. The summed E-state index contributed by atoms with van der Waals surface area (Å²) in [5.41, 5.74) is 10.7. The van der Waals surface area contributed by atoms with Crippen LogP contribution in [0.2, 0.25) is 0 Å². The molecule has 6 aromatic rings. The molecule has 0 fully saturated rings. The first kappa shape index (κ1) is 42.6. The van der Waals surface area contributed by atoms with Gasteiger partial charge in [0, 0.05) is 86.1 Å². The maximum absolute atomic E-state index is 14.7. The quantitative estimate of drug-likeness (QED) is 0.101. The molecule has 63 heavy (non-hydrogen) atoms. The number of fused-ring (bicyclic) bond motifs is 2. The van der Waals surface area contributed by atoms with Crippen LogP contribution in [0.1, 0.15) is 77.6 Å². The third-order valence-electron chi connectivity index (χ3n) is 12.2. The van der Waals surface area contributed by atoms with E-state index in [9.17, 15) is 19.8 Å². The number of phenolic OH excluding ortho intramolecular Hbond substituents is 1. The van der Waals surface area contributed by atoms with Crippen molar-refractivity contribution in [3.63, 3.8) is 0 Å². The molecule has 1 aliphatic carbocycles. The van der Waals surface area contributed by atoms with Crippen molar-refractivity contribution in [2.24, 2.45) is 0 Å². The van der Waals surface area contributed by atoms with Crippen LogP contribution < -0.4 is 5.43 Å². The van der Waals surface area contributed by atoms with Crippen LogP contribution in [-0.4, -0.2) is 45.9 Å². The van der Waals surface area contributed by atoms with Gasteiger partial charge in [0.2, 0.25) is 0 Å². The summed E-state index contributed by atoms with van der Waals surface area (Å²) in [6.45, 7) is 13.4. The summed E-state index contributed by atoms with van der Waals surface area (Å²) in [5.74, 6) is -0.701. The molecule has 0 spiro atoms. The van der Waals surface area contributed by atoms with Gasteiger partial charge in [0.25, 0.3) is 0 Å². The molecule has 2 aromatic carbocycles. The van der Waals surface area contributed by atoms with E-state index in [-0.39, 0.29) is 29.8 Å². The number of rotatable bonds is 14. The maximum atomic E-state index is 14.7. The van der Waals surface area contributed by atoms with Crippen molar-refractivity contribution in [2.45, 2.75) is 80.8 Å². The smallest absolute Gasteiger partial charge is 0.336 e. The van der Waals surface area contributed by atoms with Crippen molar-refractivity contribution in [3.05, 3.63) is 193 Å². The number of nitrogens with zero attached hydrogens (tertiary/aromatic N) is 6. The van der Waals surface area contributed by atoms with Crippen LogP contribution in [0.4, 0.5) is 0 Å². The highest BCUT2D eigenvalue weighted by Crippen LogP contribution is 2.48. The number of aromatic hydroxyl groups is 1. The molecule has 0 atom stereocenters. The molecule has 11 nitrogen and oxygen atoms in total. The van der Waals surface area contributed by atoms with Crippen LogP contribution in [0.15, 0.2) is 119 Å². The lowest BCUT2D eigenvalue weighted by Crippen LogP contribution is -2.28. The Balaban J connectivity index is 1.43. The number of benzene rings is 3. The molecule has 11 heteroatoms. The Hall–Kier alpha value is -7.08. The summed E-state index contributed by atoms with van der Waals surface area (Å²) in [6.07, 6.45) is 7.01. The Kier molecular flexibility index (Phi) is 12.2. The summed E-state index contributed by atoms with van der Waals surface area (Å²) in [4.78, 5) is 51.0. The molecule has 2 N–H and O–H groups in total. The summed E-state index contributed by atoms with van der Waals surface area (Å²) < 4.78 is 7.15. The molecule has 0 bridgehead atoms. The fourth-order valence-corrected chi connectivity index (χ4v) is 8.68. The van der Waals surface area contributed by atoms with Gasteiger partial charge in [0.1, 0.15) is 17.1 Å². The Bertz CT molecular complexity index is 2890. The van der Waals surface area contributed by atoms with Crippen molar-refractivity contribution in [1.82, 2.24) is 29.7 Å². The second-order valence-corrected chi connectivity index (χ2v) is 16.4. The number of carboxylic acid groups (broad SMARTS) is 1. The van der Waals surface area contributed by atoms with Gasteiger partial charge < -0.3 is 14.6 Å². The lowest BCUT2D eigenvalue weighted by molar-refractivity contribution is 0.0696. The number of hydrogen-bond donors (Lipinski definition) is 2. The van der Waals surface area contributed by atoms with Crippen molar-refractivity contribution < 1.29 is 19.4 Å². The Morgan fingerprint density at radius 2 is 1.03 bits per heavy atom. The second-order valence-electron chi connectivity index (χ2n) is 16.4. The monoisotopic (exact) mass is 838 g/mol. The lowest BCUT2D eigenvalue weighted by Gasteiger charge is -2.28.